The Bertz CT molecular complexity index is 686. The minimum absolute atomic E-state index is 0.00520. The highest BCUT2D eigenvalue weighted by molar-refractivity contribution is 5.97. The number of benzene rings is 1. The fourth-order valence-corrected chi connectivity index (χ4v) is 2.82. The number of fused-ring (bicyclic) bond motifs is 1. The Morgan fingerprint density at radius 1 is 0.950 bits per heavy atom. The van der Waals surface area contributed by atoms with Gasteiger partial charge in [0.2, 0.25) is 0 Å². The van der Waals surface area contributed by atoms with Crippen molar-refractivity contribution < 1.29 is 4.79 Å². The lowest BCUT2D eigenvalue weighted by Gasteiger charge is -2.20. The molecule has 0 atom stereocenters. The molecule has 1 aliphatic carbocycles. The molecule has 0 aliphatic heterocycles. The lowest BCUT2D eigenvalue weighted by atomic mass is 9.94. The molecule has 1 aromatic heterocycles. The van der Waals surface area contributed by atoms with E-state index >= 15 is 0 Å². The number of hydrogen-bond acceptors (Lipinski definition) is 2. The molecule has 2 aromatic rings. The molecule has 0 fully saturated rings. The molecule has 0 N–H and O–H groups in total. The molecule has 0 amide bonds. The number of nitrogens with zero attached hydrogens (tertiary/aromatic N) is 1. The zero-order valence-corrected chi connectivity index (χ0v) is 11.3. The topological polar surface area (TPSA) is 39.1 Å². The highest BCUT2D eigenvalue weighted by atomic mass is 16.1. The predicted octanol–water partition coefficient (Wildman–Crippen LogP) is 2.61. The van der Waals surface area contributed by atoms with Crippen LogP contribution in [0.1, 0.15) is 34.5 Å². The quantitative estimate of drug-likeness (QED) is 0.857. The van der Waals surface area contributed by atoms with Gasteiger partial charge in [0.05, 0.1) is 0 Å². The van der Waals surface area contributed by atoms with Gasteiger partial charge in [0.1, 0.15) is 0 Å². The highest BCUT2D eigenvalue weighted by Crippen LogP contribution is 2.19. The van der Waals surface area contributed by atoms with Crippen LogP contribution in [0.2, 0.25) is 0 Å². The number of pyridine rings is 1. The smallest absolute Gasteiger partial charge is 0.250 e. The molecule has 0 radical (unpaired) electrons. The maximum atomic E-state index is 12.1. The van der Waals surface area contributed by atoms with Crippen LogP contribution in [0.15, 0.2) is 47.3 Å². The van der Waals surface area contributed by atoms with Gasteiger partial charge in [-0.05, 0) is 30.9 Å². The van der Waals surface area contributed by atoms with Crippen LogP contribution >= 0.6 is 0 Å². The summed E-state index contributed by atoms with van der Waals surface area (Å²) in [6, 6.07) is 13.3. The first-order valence-electron chi connectivity index (χ1n) is 7.05. The molecule has 1 heterocycles. The molecular formula is C17H17NO2. The number of Topliss-reactive ketones (excluding diaryl/α,β-unsaturated/α-hetero) is 1. The van der Waals surface area contributed by atoms with Crippen molar-refractivity contribution in [3.05, 3.63) is 69.6 Å². The van der Waals surface area contributed by atoms with E-state index in [1.165, 1.54) is 11.6 Å². The molecule has 20 heavy (non-hydrogen) atoms. The molecule has 3 rings (SSSR count). The lowest BCUT2D eigenvalue weighted by molar-refractivity contribution is 0.0970. The first-order valence-corrected chi connectivity index (χ1v) is 7.05. The first kappa shape index (κ1) is 12.9. The SMILES string of the molecule is O=C1CCCc2c1ccc(=O)n2CCc1ccccc1. The second-order valence-corrected chi connectivity index (χ2v) is 5.20. The van der Waals surface area contributed by atoms with Gasteiger partial charge in [-0.25, -0.2) is 0 Å². The number of aryl methyl sites for hydroxylation is 1. The zero-order valence-electron chi connectivity index (χ0n) is 11.3. The summed E-state index contributed by atoms with van der Waals surface area (Å²) in [7, 11) is 0. The average molecular weight is 267 g/mol. The maximum absolute atomic E-state index is 12.1. The third-order valence-corrected chi connectivity index (χ3v) is 3.88. The Morgan fingerprint density at radius 3 is 2.55 bits per heavy atom. The summed E-state index contributed by atoms with van der Waals surface area (Å²) in [5.41, 5.74) is 2.86. The maximum Gasteiger partial charge on any atom is 0.250 e. The van der Waals surface area contributed by atoms with E-state index in [0.29, 0.717) is 13.0 Å². The number of ketones is 1. The monoisotopic (exact) mass is 267 g/mol. The van der Waals surface area contributed by atoms with Crippen molar-refractivity contribution in [1.29, 1.82) is 0 Å². The van der Waals surface area contributed by atoms with Crippen molar-refractivity contribution >= 4 is 5.78 Å². The van der Waals surface area contributed by atoms with Crippen molar-refractivity contribution in [2.24, 2.45) is 0 Å². The molecule has 102 valence electrons. The summed E-state index contributed by atoms with van der Waals surface area (Å²) in [4.78, 5) is 24.0. The average Bonchev–Trinajstić information content (AvgIpc) is 2.47. The summed E-state index contributed by atoms with van der Waals surface area (Å²) in [6.07, 6.45) is 3.09. The third kappa shape index (κ3) is 2.44. The number of carbonyl (C=O) groups excluding carboxylic acids is 1. The van der Waals surface area contributed by atoms with Gasteiger partial charge in [0.15, 0.2) is 5.78 Å². The van der Waals surface area contributed by atoms with E-state index < -0.39 is 0 Å². The Hall–Kier alpha value is -2.16. The number of aromatic nitrogens is 1. The van der Waals surface area contributed by atoms with E-state index in [4.69, 9.17) is 0 Å². The minimum atomic E-state index is -0.00520. The molecule has 1 aromatic carbocycles. The summed E-state index contributed by atoms with van der Waals surface area (Å²) >= 11 is 0. The van der Waals surface area contributed by atoms with Crippen LogP contribution in [-0.4, -0.2) is 10.4 Å². The van der Waals surface area contributed by atoms with Gasteiger partial charge < -0.3 is 4.57 Å². The molecule has 1 aliphatic rings. The fourth-order valence-electron chi connectivity index (χ4n) is 2.82. The Balaban J connectivity index is 1.91. The zero-order chi connectivity index (χ0) is 13.9. The molecule has 0 unspecified atom stereocenters. The van der Waals surface area contributed by atoms with E-state index in [1.807, 2.05) is 18.2 Å². The van der Waals surface area contributed by atoms with Crippen molar-refractivity contribution in [3.8, 4) is 0 Å². The largest absolute Gasteiger partial charge is 0.312 e. The van der Waals surface area contributed by atoms with Gasteiger partial charge in [0.25, 0.3) is 5.56 Å². The van der Waals surface area contributed by atoms with E-state index in [1.54, 1.807) is 10.6 Å². The highest BCUT2D eigenvalue weighted by Gasteiger charge is 2.20. The summed E-state index contributed by atoms with van der Waals surface area (Å²) in [5.74, 6) is 0.166. The molecule has 0 saturated heterocycles. The van der Waals surface area contributed by atoms with Gasteiger partial charge >= 0.3 is 0 Å². The molecule has 0 saturated carbocycles. The van der Waals surface area contributed by atoms with Crippen molar-refractivity contribution in [2.45, 2.75) is 32.2 Å². The molecule has 0 bridgehead atoms. The minimum Gasteiger partial charge on any atom is -0.312 e. The number of carbonyl (C=O) groups is 1. The summed E-state index contributed by atoms with van der Waals surface area (Å²) in [6.45, 7) is 0.638. The fraction of sp³-hybridized carbons (Fsp3) is 0.294. The van der Waals surface area contributed by atoms with Crippen molar-refractivity contribution in [1.82, 2.24) is 4.57 Å². The van der Waals surface area contributed by atoms with Gasteiger partial charge in [-0.1, -0.05) is 30.3 Å². The Kier molecular flexibility index (Phi) is 3.50. The van der Waals surface area contributed by atoms with Crippen molar-refractivity contribution in [3.63, 3.8) is 0 Å². The van der Waals surface area contributed by atoms with Crippen LogP contribution in [0.3, 0.4) is 0 Å². The molecule has 0 spiro atoms. The first-order chi connectivity index (χ1) is 9.75. The summed E-state index contributed by atoms with van der Waals surface area (Å²) < 4.78 is 1.78. The predicted molar refractivity (Wildman–Crippen MR) is 78.1 cm³/mol. The molecule has 3 nitrogen and oxygen atoms in total. The van der Waals surface area contributed by atoms with Gasteiger partial charge in [-0.3, -0.25) is 9.59 Å². The Morgan fingerprint density at radius 2 is 1.75 bits per heavy atom. The number of rotatable bonds is 3. The molecular weight excluding hydrogens is 250 g/mol. The third-order valence-electron chi connectivity index (χ3n) is 3.88. The Labute approximate surface area is 117 Å². The van der Waals surface area contributed by atoms with E-state index in [9.17, 15) is 9.59 Å². The van der Waals surface area contributed by atoms with Crippen molar-refractivity contribution in [2.75, 3.05) is 0 Å². The van der Waals surface area contributed by atoms with Gasteiger partial charge in [-0.15, -0.1) is 0 Å². The van der Waals surface area contributed by atoms with E-state index in [2.05, 4.69) is 12.1 Å². The number of hydrogen-bond donors (Lipinski definition) is 0. The molecule has 3 heteroatoms. The van der Waals surface area contributed by atoms with Crippen LogP contribution in [0.25, 0.3) is 0 Å². The van der Waals surface area contributed by atoms with Gasteiger partial charge in [-0.2, -0.15) is 0 Å². The van der Waals surface area contributed by atoms with Crippen LogP contribution in [-0.2, 0) is 19.4 Å². The van der Waals surface area contributed by atoms with E-state index in [0.717, 1.165) is 30.5 Å². The lowest BCUT2D eigenvalue weighted by Crippen LogP contribution is -2.28. The van der Waals surface area contributed by atoms with Crippen LogP contribution in [0.5, 0.6) is 0 Å². The summed E-state index contributed by atoms with van der Waals surface area (Å²) in [5, 5.41) is 0. The van der Waals surface area contributed by atoms with Crippen LogP contribution < -0.4 is 5.56 Å². The second-order valence-electron chi connectivity index (χ2n) is 5.20. The van der Waals surface area contributed by atoms with Gasteiger partial charge in [0, 0.05) is 30.3 Å². The second kappa shape index (κ2) is 5.45. The standard InChI is InChI=1S/C17H17NO2/c19-16-8-4-7-15-14(16)9-10-17(20)18(15)12-11-13-5-2-1-3-6-13/h1-3,5-6,9-10H,4,7-8,11-12H2. The van der Waals surface area contributed by atoms with Crippen LogP contribution in [0, 0.1) is 0 Å². The normalized spacial score (nSPS) is 14.1. The van der Waals surface area contributed by atoms with Crippen LogP contribution in [0.4, 0.5) is 0 Å². The van der Waals surface area contributed by atoms with E-state index in [-0.39, 0.29) is 11.3 Å².